The zero-order chi connectivity index (χ0) is 19.7. The molecule has 28 heavy (non-hydrogen) atoms. The highest BCUT2D eigenvalue weighted by atomic mass is 16.7. The van der Waals surface area contributed by atoms with E-state index in [9.17, 15) is 19.2 Å². The first-order valence-corrected chi connectivity index (χ1v) is 9.10. The standard InChI is InChI=1S/C18H20N4O6/c23-15-11-27-14-2-1-12(9-13(14)19-15)10-20-5-7-21(8-6-20)18(26)28-22-16(24)3-4-17(22)25/h1-2,9H,3-8,10-11H2,(H,19,23). The second kappa shape index (κ2) is 7.47. The maximum atomic E-state index is 12.2. The molecule has 148 valence electrons. The summed E-state index contributed by atoms with van der Waals surface area (Å²) < 4.78 is 5.36. The third kappa shape index (κ3) is 3.77. The van der Waals surface area contributed by atoms with Crippen molar-refractivity contribution in [2.24, 2.45) is 0 Å². The molecule has 4 amide bonds. The summed E-state index contributed by atoms with van der Waals surface area (Å²) in [6.45, 7) is 2.79. The molecule has 0 saturated carbocycles. The molecule has 0 unspecified atom stereocenters. The number of nitrogens with one attached hydrogen (secondary N) is 1. The fraction of sp³-hybridized carbons (Fsp3) is 0.444. The van der Waals surface area contributed by atoms with Gasteiger partial charge in [-0.2, -0.15) is 0 Å². The molecule has 3 aliphatic heterocycles. The van der Waals surface area contributed by atoms with Crippen LogP contribution in [0, 0.1) is 0 Å². The number of rotatable bonds is 3. The Morgan fingerprint density at radius 2 is 1.79 bits per heavy atom. The van der Waals surface area contributed by atoms with Crippen molar-refractivity contribution in [3.63, 3.8) is 0 Å². The monoisotopic (exact) mass is 388 g/mol. The minimum Gasteiger partial charge on any atom is -0.482 e. The minimum absolute atomic E-state index is 0.0268. The van der Waals surface area contributed by atoms with Gasteiger partial charge < -0.3 is 19.8 Å². The van der Waals surface area contributed by atoms with Crippen LogP contribution in [-0.2, 0) is 25.8 Å². The number of carbonyl (C=O) groups excluding carboxylic acids is 4. The lowest BCUT2D eigenvalue weighted by Gasteiger charge is -2.34. The first-order valence-electron chi connectivity index (χ1n) is 9.10. The smallest absolute Gasteiger partial charge is 0.434 e. The van der Waals surface area contributed by atoms with Crippen LogP contribution in [-0.4, -0.2) is 71.5 Å². The molecule has 10 nitrogen and oxygen atoms in total. The fourth-order valence-electron chi connectivity index (χ4n) is 3.37. The van der Waals surface area contributed by atoms with Crippen LogP contribution in [0.1, 0.15) is 18.4 Å². The van der Waals surface area contributed by atoms with Crippen LogP contribution >= 0.6 is 0 Å². The van der Waals surface area contributed by atoms with Crippen LogP contribution in [0.25, 0.3) is 0 Å². The normalized spacial score (nSPS) is 19.9. The molecule has 2 fully saturated rings. The number of carbonyl (C=O) groups is 4. The van der Waals surface area contributed by atoms with Gasteiger partial charge in [-0.1, -0.05) is 6.07 Å². The SMILES string of the molecule is O=C1COc2ccc(CN3CCN(C(=O)ON4C(=O)CCC4=O)CC3)cc2N1. The predicted molar refractivity (Wildman–Crippen MR) is 95.0 cm³/mol. The Labute approximate surface area is 160 Å². The van der Waals surface area contributed by atoms with Gasteiger partial charge in [-0.25, -0.2) is 4.79 Å². The Bertz CT molecular complexity index is 817. The predicted octanol–water partition coefficient (Wildman–Crippen LogP) is 0.336. The van der Waals surface area contributed by atoms with Crippen molar-refractivity contribution in [2.45, 2.75) is 19.4 Å². The van der Waals surface area contributed by atoms with E-state index in [4.69, 9.17) is 9.57 Å². The molecule has 4 rings (SSSR count). The van der Waals surface area contributed by atoms with Crippen LogP contribution in [0.2, 0.25) is 0 Å². The second-order valence-corrected chi connectivity index (χ2v) is 6.87. The zero-order valence-electron chi connectivity index (χ0n) is 15.2. The van der Waals surface area contributed by atoms with Gasteiger partial charge in [0.1, 0.15) is 5.75 Å². The molecule has 1 aromatic carbocycles. The third-order valence-corrected chi connectivity index (χ3v) is 4.89. The van der Waals surface area contributed by atoms with Gasteiger partial charge in [0, 0.05) is 45.6 Å². The van der Waals surface area contributed by atoms with E-state index in [2.05, 4.69) is 10.2 Å². The van der Waals surface area contributed by atoms with Crippen molar-refractivity contribution in [2.75, 3.05) is 38.1 Å². The number of benzene rings is 1. The number of ether oxygens (including phenoxy) is 1. The lowest BCUT2D eigenvalue weighted by Crippen LogP contribution is -2.50. The summed E-state index contributed by atoms with van der Waals surface area (Å²) in [7, 11) is 0. The van der Waals surface area contributed by atoms with E-state index in [-0.39, 0.29) is 25.4 Å². The number of hydroxylamine groups is 2. The van der Waals surface area contributed by atoms with Crippen molar-refractivity contribution in [3.05, 3.63) is 23.8 Å². The van der Waals surface area contributed by atoms with Crippen molar-refractivity contribution in [1.82, 2.24) is 14.9 Å². The van der Waals surface area contributed by atoms with Gasteiger partial charge >= 0.3 is 6.09 Å². The molecule has 10 heteroatoms. The van der Waals surface area contributed by atoms with Crippen LogP contribution in [0.15, 0.2) is 18.2 Å². The molecular weight excluding hydrogens is 368 g/mol. The summed E-state index contributed by atoms with van der Waals surface area (Å²) in [6, 6.07) is 5.67. The molecule has 0 bridgehead atoms. The van der Waals surface area contributed by atoms with Crippen LogP contribution < -0.4 is 10.1 Å². The van der Waals surface area contributed by atoms with Gasteiger partial charge in [0.15, 0.2) is 6.61 Å². The number of nitrogens with zero attached hydrogens (tertiary/aromatic N) is 3. The summed E-state index contributed by atoms with van der Waals surface area (Å²) in [5, 5.41) is 3.36. The molecule has 0 atom stereocenters. The Kier molecular flexibility index (Phi) is 4.86. The molecular formula is C18H20N4O6. The van der Waals surface area contributed by atoms with Gasteiger partial charge in [-0.3, -0.25) is 19.3 Å². The number of anilines is 1. The van der Waals surface area contributed by atoms with E-state index in [0.29, 0.717) is 49.2 Å². The van der Waals surface area contributed by atoms with Crippen LogP contribution in [0.3, 0.4) is 0 Å². The Morgan fingerprint density at radius 1 is 1.07 bits per heavy atom. The highest BCUT2D eigenvalue weighted by Crippen LogP contribution is 2.29. The number of hydrogen-bond acceptors (Lipinski definition) is 7. The summed E-state index contributed by atoms with van der Waals surface area (Å²) in [6.07, 6.45) is -0.532. The molecule has 2 saturated heterocycles. The quantitative estimate of drug-likeness (QED) is 0.744. The van der Waals surface area contributed by atoms with E-state index in [1.165, 1.54) is 4.90 Å². The second-order valence-electron chi connectivity index (χ2n) is 6.87. The number of piperazine rings is 1. The average Bonchev–Trinajstić information content (AvgIpc) is 3.00. The third-order valence-electron chi connectivity index (χ3n) is 4.89. The van der Waals surface area contributed by atoms with E-state index in [0.717, 1.165) is 5.56 Å². The summed E-state index contributed by atoms with van der Waals surface area (Å²) in [4.78, 5) is 55.3. The Balaban J connectivity index is 1.29. The van der Waals surface area contributed by atoms with E-state index in [1.54, 1.807) is 0 Å². The summed E-state index contributed by atoms with van der Waals surface area (Å²) >= 11 is 0. The number of imide groups is 1. The van der Waals surface area contributed by atoms with E-state index < -0.39 is 17.9 Å². The Hall–Kier alpha value is -3.14. The van der Waals surface area contributed by atoms with Crippen molar-refractivity contribution >= 4 is 29.5 Å². The highest BCUT2D eigenvalue weighted by molar-refractivity contribution is 6.01. The van der Waals surface area contributed by atoms with Crippen molar-refractivity contribution in [3.8, 4) is 5.75 Å². The Morgan fingerprint density at radius 3 is 2.50 bits per heavy atom. The number of hydrogen-bond donors (Lipinski definition) is 1. The van der Waals surface area contributed by atoms with Crippen LogP contribution in [0.5, 0.6) is 5.75 Å². The minimum atomic E-state index is -0.683. The average molecular weight is 388 g/mol. The lowest BCUT2D eigenvalue weighted by atomic mass is 10.1. The number of amides is 4. The lowest BCUT2D eigenvalue weighted by molar-refractivity contribution is -0.174. The number of fused-ring (bicyclic) bond motifs is 1. The van der Waals surface area contributed by atoms with E-state index in [1.807, 2.05) is 18.2 Å². The van der Waals surface area contributed by atoms with E-state index >= 15 is 0 Å². The van der Waals surface area contributed by atoms with Crippen LogP contribution in [0.4, 0.5) is 10.5 Å². The van der Waals surface area contributed by atoms with Gasteiger partial charge in [-0.05, 0) is 17.7 Å². The molecule has 1 N–H and O–H groups in total. The van der Waals surface area contributed by atoms with Gasteiger partial charge in [-0.15, -0.1) is 5.06 Å². The first kappa shape index (κ1) is 18.2. The van der Waals surface area contributed by atoms with Gasteiger partial charge in [0.05, 0.1) is 5.69 Å². The summed E-state index contributed by atoms with van der Waals surface area (Å²) in [5.74, 6) is -0.491. The zero-order valence-corrected chi connectivity index (χ0v) is 15.2. The van der Waals surface area contributed by atoms with Gasteiger partial charge in [0.25, 0.3) is 17.7 Å². The maximum Gasteiger partial charge on any atom is 0.434 e. The van der Waals surface area contributed by atoms with Crippen molar-refractivity contribution in [1.29, 1.82) is 0 Å². The van der Waals surface area contributed by atoms with Gasteiger partial charge in [0.2, 0.25) is 0 Å². The molecule has 3 aliphatic rings. The molecule has 0 aliphatic carbocycles. The molecule has 1 aromatic rings. The molecule has 0 aromatic heterocycles. The molecule has 0 spiro atoms. The fourth-order valence-corrected chi connectivity index (χ4v) is 3.37. The largest absolute Gasteiger partial charge is 0.482 e. The maximum absolute atomic E-state index is 12.2. The summed E-state index contributed by atoms with van der Waals surface area (Å²) in [5.41, 5.74) is 1.68. The van der Waals surface area contributed by atoms with Crippen molar-refractivity contribution < 1.29 is 28.8 Å². The first-order chi connectivity index (χ1) is 13.5. The molecule has 0 radical (unpaired) electrons. The topological polar surface area (TPSA) is 108 Å². The highest BCUT2D eigenvalue weighted by Gasteiger charge is 2.34. The molecule has 3 heterocycles.